The maximum atomic E-state index is 10.9. The van der Waals surface area contributed by atoms with E-state index >= 15 is 0 Å². The Balaban J connectivity index is 2.11. The molecule has 0 aliphatic rings. The fraction of sp³-hybridized carbons (Fsp3) is 0. The normalized spacial score (nSPS) is 10.8. The smallest absolute Gasteiger partial charge is 0.335 e. The first kappa shape index (κ1) is 11.9. The van der Waals surface area contributed by atoms with E-state index in [0.717, 1.165) is 4.47 Å². The number of hydrogen-bond acceptors (Lipinski definition) is 3. The molecule has 6 heteroatoms. The molecule has 0 aliphatic heterocycles. The van der Waals surface area contributed by atoms with E-state index in [-0.39, 0.29) is 5.56 Å². The van der Waals surface area contributed by atoms with E-state index < -0.39 is 5.97 Å². The summed E-state index contributed by atoms with van der Waals surface area (Å²) in [7, 11) is 0. The van der Waals surface area contributed by atoms with E-state index in [1.54, 1.807) is 18.3 Å². The average molecular weight is 318 g/mol. The lowest BCUT2D eigenvalue weighted by molar-refractivity contribution is 0.0697. The van der Waals surface area contributed by atoms with Crippen LogP contribution in [-0.4, -0.2) is 26.0 Å². The molecule has 0 spiro atoms. The van der Waals surface area contributed by atoms with E-state index in [2.05, 4.69) is 30.9 Å². The van der Waals surface area contributed by atoms with Crippen LogP contribution in [0.25, 0.3) is 22.6 Å². The molecule has 0 saturated carbocycles. The van der Waals surface area contributed by atoms with Crippen LogP contribution in [0.3, 0.4) is 0 Å². The molecule has 3 rings (SSSR count). The van der Waals surface area contributed by atoms with E-state index in [4.69, 9.17) is 5.11 Å². The van der Waals surface area contributed by atoms with Crippen molar-refractivity contribution < 1.29 is 9.90 Å². The average Bonchev–Trinajstić information content (AvgIpc) is 2.82. The summed E-state index contributed by atoms with van der Waals surface area (Å²) < 4.78 is 0.889. The third-order valence-corrected chi connectivity index (χ3v) is 3.17. The van der Waals surface area contributed by atoms with Crippen molar-refractivity contribution in [2.45, 2.75) is 0 Å². The van der Waals surface area contributed by atoms with Gasteiger partial charge in [0.05, 0.1) is 16.6 Å². The molecule has 2 aromatic heterocycles. The summed E-state index contributed by atoms with van der Waals surface area (Å²) in [5, 5.41) is 8.95. The fourth-order valence-electron chi connectivity index (χ4n) is 1.78. The number of hydrogen-bond donors (Lipinski definition) is 2. The monoisotopic (exact) mass is 317 g/mol. The summed E-state index contributed by atoms with van der Waals surface area (Å²) in [5.41, 5.74) is 2.33. The highest BCUT2D eigenvalue weighted by atomic mass is 79.9. The van der Waals surface area contributed by atoms with Gasteiger partial charge >= 0.3 is 5.97 Å². The van der Waals surface area contributed by atoms with Gasteiger partial charge in [0.2, 0.25) is 0 Å². The molecule has 94 valence electrons. The Morgan fingerprint density at radius 3 is 2.79 bits per heavy atom. The third-order valence-electron chi connectivity index (χ3n) is 2.70. The van der Waals surface area contributed by atoms with Crippen molar-refractivity contribution in [2.24, 2.45) is 0 Å². The second-order valence-corrected chi connectivity index (χ2v) is 4.90. The molecule has 0 unspecified atom stereocenters. The van der Waals surface area contributed by atoms with Gasteiger partial charge in [-0.1, -0.05) is 0 Å². The highest BCUT2D eigenvalue weighted by Gasteiger charge is 2.09. The van der Waals surface area contributed by atoms with Crippen LogP contribution in [0, 0.1) is 0 Å². The largest absolute Gasteiger partial charge is 0.478 e. The number of nitrogens with one attached hydrogen (secondary N) is 1. The maximum absolute atomic E-state index is 10.9. The molecule has 0 atom stereocenters. The minimum absolute atomic E-state index is 0.228. The van der Waals surface area contributed by atoms with Gasteiger partial charge in [-0.3, -0.25) is 4.98 Å². The van der Waals surface area contributed by atoms with E-state index in [9.17, 15) is 4.79 Å². The van der Waals surface area contributed by atoms with Crippen molar-refractivity contribution in [1.29, 1.82) is 0 Å². The van der Waals surface area contributed by atoms with Gasteiger partial charge < -0.3 is 10.1 Å². The molecule has 3 aromatic rings. The zero-order valence-electron chi connectivity index (χ0n) is 9.59. The SMILES string of the molecule is O=C(O)c1ccc2nc(-c3ccc(Br)cn3)[nH]c2c1. The molecule has 0 amide bonds. The van der Waals surface area contributed by atoms with Crippen LogP contribution >= 0.6 is 15.9 Å². The first-order valence-corrected chi connectivity index (χ1v) is 6.28. The second kappa shape index (κ2) is 4.47. The van der Waals surface area contributed by atoms with Crippen LogP contribution in [-0.2, 0) is 0 Å². The number of carboxylic acid groups (broad SMARTS) is 1. The van der Waals surface area contributed by atoms with Crippen molar-refractivity contribution in [3.63, 3.8) is 0 Å². The first-order valence-electron chi connectivity index (χ1n) is 5.48. The first-order chi connectivity index (χ1) is 9.13. The van der Waals surface area contributed by atoms with Gasteiger partial charge in [0, 0.05) is 10.7 Å². The number of benzene rings is 1. The Labute approximate surface area is 116 Å². The molecule has 0 bridgehead atoms. The quantitative estimate of drug-likeness (QED) is 0.761. The lowest BCUT2D eigenvalue weighted by atomic mass is 10.2. The van der Waals surface area contributed by atoms with Crippen molar-refractivity contribution in [3.05, 3.63) is 46.6 Å². The Hall–Kier alpha value is -2.21. The number of halogens is 1. The minimum Gasteiger partial charge on any atom is -0.478 e. The molecule has 19 heavy (non-hydrogen) atoms. The summed E-state index contributed by atoms with van der Waals surface area (Å²) in [4.78, 5) is 22.6. The minimum atomic E-state index is -0.959. The van der Waals surface area contributed by atoms with Crippen molar-refractivity contribution in [1.82, 2.24) is 15.0 Å². The molecule has 0 radical (unpaired) electrons. The van der Waals surface area contributed by atoms with Gasteiger partial charge in [-0.05, 0) is 46.3 Å². The molecule has 0 saturated heterocycles. The third kappa shape index (κ3) is 2.22. The number of pyridine rings is 1. The number of aromatic carboxylic acids is 1. The highest BCUT2D eigenvalue weighted by molar-refractivity contribution is 9.10. The molecule has 1 aromatic carbocycles. The summed E-state index contributed by atoms with van der Waals surface area (Å²) in [5.74, 6) is -0.343. The second-order valence-electron chi connectivity index (χ2n) is 3.98. The highest BCUT2D eigenvalue weighted by Crippen LogP contribution is 2.21. The number of imidazole rings is 1. The van der Waals surface area contributed by atoms with Crippen LogP contribution in [0.2, 0.25) is 0 Å². The number of nitrogens with zero attached hydrogens (tertiary/aromatic N) is 2. The number of carbonyl (C=O) groups is 1. The van der Waals surface area contributed by atoms with Gasteiger partial charge in [-0.25, -0.2) is 9.78 Å². The maximum Gasteiger partial charge on any atom is 0.335 e. The summed E-state index contributed by atoms with van der Waals surface area (Å²) in [6.07, 6.45) is 1.69. The Bertz CT molecular complexity index is 765. The van der Waals surface area contributed by atoms with Crippen LogP contribution in [0.15, 0.2) is 41.0 Å². The molecule has 2 N–H and O–H groups in total. The number of H-pyrrole nitrogens is 1. The molecular formula is C13H8BrN3O2. The Morgan fingerprint density at radius 2 is 2.11 bits per heavy atom. The van der Waals surface area contributed by atoms with Gasteiger partial charge in [0.1, 0.15) is 5.69 Å². The van der Waals surface area contributed by atoms with Gasteiger partial charge in [-0.2, -0.15) is 0 Å². The van der Waals surface area contributed by atoms with Crippen molar-refractivity contribution >= 4 is 32.9 Å². The molecule has 0 aliphatic carbocycles. The van der Waals surface area contributed by atoms with Gasteiger partial charge in [0.15, 0.2) is 5.82 Å². The summed E-state index contributed by atoms with van der Waals surface area (Å²) in [6.45, 7) is 0. The predicted octanol–water partition coefficient (Wildman–Crippen LogP) is 3.09. The number of rotatable bonds is 2. The number of carboxylic acids is 1. The van der Waals surface area contributed by atoms with Crippen molar-refractivity contribution in [3.8, 4) is 11.5 Å². The molecule has 2 heterocycles. The molecule has 5 nitrogen and oxygen atoms in total. The standard InChI is InChI=1S/C13H8BrN3O2/c14-8-2-4-10(15-6-8)12-16-9-3-1-7(13(18)19)5-11(9)17-12/h1-6H,(H,16,17)(H,18,19). The van der Waals surface area contributed by atoms with E-state index in [1.165, 1.54) is 6.07 Å². The molecular weight excluding hydrogens is 310 g/mol. The summed E-state index contributed by atoms with van der Waals surface area (Å²) >= 11 is 3.32. The van der Waals surface area contributed by atoms with Crippen LogP contribution < -0.4 is 0 Å². The number of aromatic amines is 1. The Kier molecular flexibility index (Phi) is 2.79. The van der Waals surface area contributed by atoms with Gasteiger partial charge in [0.25, 0.3) is 0 Å². The van der Waals surface area contributed by atoms with Crippen molar-refractivity contribution in [2.75, 3.05) is 0 Å². The lowest BCUT2D eigenvalue weighted by Gasteiger charge is -1.94. The zero-order valence-corrected chi connectivity index (χ0v) is 11.2. The lowest BCUT2D eigenvalue weighted by Crippen LogP contribution is -1.94. The van der Waals surface area contributed by atoms with Crippen LogP contribution in [0.1, 0.15) is 10.4 Å². The number of aromatic nitrogens is 3. The number of fused-ring (bicyclic) bond motifs is 1. The topological polar surface area (TPSA) is 78.9 Å². The zero-order chi connectivity index (χ0) is 13.4. The van der Waals surface area contributed by atoms with Crippen LogP contribution in [0.4, 0.5) is 0 Å². The summed E-state index contributed by atoms with van der Waals surface area (Å²) in [6, 6.07) is 8.48. The van der Waals surface area contributed by atoms with E-state index in [1.807, 2.05) is 12.1 Å². The molecule has 0 fully saturated rings. The fourth-order valence-corrected chi connectivity index (χ4v) is 2.01. The van der Waals surface area contributed by atoms with Gasteiger partial charge in [-0.15, -0.1) is 0 Å². The predicted molar refractivity (Wildman–Crippen MR) is 74.0 cm³/mol. The van der Waals surface area contributed by atoms with Crippen LogP contribution in [0.5, 0.6) is 0 Å². The Morgan fingerprint density at radius 1 is 1.26 bits per heavy atom. The van der Waals surface area contributed by atoms with E-state index in [0.29, 0.717) is 22.6 Å².